The van der Waals surface area contributed by atoms with Gasteiger partial charge >= 0.3 is 5.97 Å². The van der Waals surface area contributed by atoms with Crippen molar-refractivity contribution in [2.75, 3.05) is 0 Å². The number of halogens is 2. The first kappa shape index (κ1) is 13.5. The fourth-order valence-corrected chi connectivity index (χ4v) is 1.72. The van der Waals surface area contributed by atoms with Crippen molar-refractivity contribution in [3.63, 3.8) is 0 Å². The highest BCUT2D eigenvalue weighted by atomic mass is 79.9. The normalized spacial score (nSPS) is 10.2. The van der Waals surface area contributed by atoms with Crippen LogP contribution in [0.2, 0.25) is 0 Å². The van der Waals surface area contributed by atoms with Crippen molar-refractivity contribution in [3.8, 4) is 5.75 Å². The molecule has 0 aliphatic rings. The van der Waals surface area contributed by atoms with E-state index in [1.165, 1.54) is 18.3 Å². The lowest BCUT2D eigenvalue weighted by Crippen LogP contribution is -2.07. The van der Waals surface area contributed by atoms with Gasteiger partial charge < -0.3 is 9.84 Å². The molecule has 0 aliphatic heterocycles. The highest BCUT2D eigenvalue weighted by molar-refractivity contribution is 9.10. The van der Waals surface area contributed by atoms with Crippen LogP contribution < -0.4 is 4.74 Å². The summed E-state index contributed by atoms with van der Waals surface area (Å²) >= 11 is 3.04. The third kappa shape index (κ3) is 3.29. The van der Waals surface area contributed by atoms with E-state index < -0.39 is 11.8 Å². The number of aromatic carboxylic acids is 1. The van der Waals surface area contributed by atoms with Crippen molar-refractivity contribution >= 4 is 21.9 Å². The molecule has 0 atom stereocenters. The summed E-state index contributed by atoms with van der Waals surface area (Å²) in [6.07, 6.45) is 1.40. The smallest absolute Gasteiger partial charge is 0.354 e. The first-order valence-corrected chi connectivity index (χ1v) is 6.12. The summed E-state index contributed by atoms with van der Waals surface area (Å²) in [4.78, 5) is 14.7. The topological polar surface area (TPSA) is 59.4 Å². The average Bonchev–Trinajstić information content (AvgIpc) is 2.40. The molecule has 6 heteroatoms. The number of nitrogens with zero attached hydrogens (tertiary/aromatic N) is 1. The van der Waals surface area contributed by atoms with Gasteiger partial charge in [0.25, 0.3) is 0 Å². The van der Waals surface area contributed by atoms with Gasteiger partial charge in [-0.05, 0) is 34.1 Å². The van der Waals surface area contributed by atoms with Crippen LogP contribution in [-0.4, -0.2) is 16.1 Å². The number of pyridine rings is 1. The van der Waals surface area contributed by atoms with E-state index in [-0.39, 0.29) is 12.3 Å². The number of hydrogen-bond acceptors (Lipinski definition) is 3. The predicted molar refractivity (Wildman–Crippen MR) is 69.6 cm³/mol. The maximum Gasteiger partial charge on any atom is 0.354 e. The maximum absolute atomic E-state index is 13.3. The minimum absolute atomic E-state index is 0.0105. The van der Waals surface area contributed by atoms with Crippen molar-refractivity contribution in [2.24, 2.45) is 0 Å². The van der Waals surface area contributed by atoms with Crippen LogP contribution >= 0.6 is 15.9 Å². The van der Waals surface area contributed by atoms with Crippen molar-refractivity contribution < 1.29 is 19.0 Å². The molecule has 0 unspecified atom stereocenters. The van der Waals surface area contributed by atoms with Crippen molar-refractivity contribution in [1.82, 2.24) is 4.98 Å². The van der Waals surface area contributed by atoms with Crippen molar-refractivity contribution in [3.05, 3.63) is 58.1 Å². The summed E-state index contributed by atoms with van der Waals surface area (Å²) in [6.45, 7) is 0.0105. The highest BCUT2D eigenvalue weighted by Crippen LogP contribution is 2.22. The van der Waals surface area contributed by atoms with Gasteiger partial charge in [0.1, 0.15) is 18.2 Å². The molecule has 0 saturated carbocycles. The molecule has 4 nitrogen and oxygen atoms in total. The number of benzene rings is 1. The van der Waals surface area contributed by atoms with E-state index in [9.17, 15) is 9.18 Å². The van der Waals surface area contributed by atoms with E-state index in [1.54, 1.807) is 18.2 Å². The van der Waals surface area contributed by atoms with E-state index in [0.717, 1.165) is 0 Å². The van der Waals surface area contributed by atoms with Gasteiger partial charge in [-0.25, -0.2) is 14.2 Å². The minimum Gasteiger partial charge on any atom is -0.489 e. The molecular formula is C13H9BrFNO3. The van der Waals surface area contributed by atoms with Crippen molar-refractivity contribution in [1.29, 1.82) is 0 Å². The lowest BCUT2D eigenvalue weighted by atomic mass is 10.2. The van der Waals surface area contributed by atoms with Gasteiger partial charge in [-0.15, -0.1) is 0 Å². The number of ether oxygens (including phenoxy) is 1. The third-order valence-electron chi connectivity index (χ3n) is 2.38. The van der Waals surface area contributed by atoms with E-state index in [4.69, 9.17) is 9.84 Å². The number of carbonyl (C=O) groups is 1. The van der Waals surface area contributed by atoms with Gasteiger partial charge in [0.05, 0.1) is 4.47 Å². The zero-order chi connectivity index (χ0) is 13.8. The summed E-state index contributed by atoms with van der Waals surface area (Å²) in [6, 6.07) is 7.55. The molecule has 2 aromatic rings. The van der Waals surface area contributed by atoms with Crippen molar-refractivity contribution in [2.45, 2.75) is 6.61 Å². The molecule has 0 saturated heterocycles. The Hall–Kier alpha value is -1.95. The summed E-state index contributed by atoms with van der Waals surface area (Å²) in [5.41, 5.74) is 0.360. The largest absolute Gasteiger partial charge is 0.489 e. The summed E-state index contributed by atoms with van der Waals surface area (Å²) < 4.78 is 19.0. The lowest BCUT2D eigenvalue weighted by Gasteiger charge is -2.08. The van der Waals surface area contributed by atoms with E-state index >= 15 is 0 Å². The molecule has 0 bridgehead atoms. The van der Waals surface area contributed by atoms with E-state index in [0.29, 0.717) is 15.8 Å². The van der Waals surface area contributed by atoms with Gasteiger partial charge in [-0.1, -0.05) is 6.07 Å². The molecule has 1 heterocycles. The van der Waals surface area contributed by atoms with Crippen LogP contribution in [0.5, 0.6) is 5.75 Å². The average molecular weight is 326 g/mol. The van der Waals surface area contributed by atoms with E-state index in [2.05, 4.69) is 20.9 Å². The molecule has 1 aromatic heterocycles. The molecule has 0 radical (unpaired) electrons. The van der Waals surface area contributed by atoms with Gasteiger partial charge in [-0.3, -0.25) is 0 Å². The van der Waals surface area contributed by atoms with Crippen LogP contribution in [0.3, 0.4) is 0 Å². The Morgan fingerprint density at radius 3 is 2.89 bits per heavy atom. The van der Waals surface area contributed by atoms with Crippen LogP contribution in [-0.2, 0) is 6.61 Å². The Bertz CT molecular complexity index is 619. The number of rotatable bonds is 4. The fraction of sp³-hybridized carbons (Fsp3) is 0.0769. The number of aromatic nitrogens is 1. The predicted octanol–water partition coefficient (Wildman–Crippen LogP) is 3.26. The Morgan fingerprint density at radius 1 is 1.42 bits per heavy atom. The SMILES string of the molecule is O=C(O)c1ncccc1COc1ccc(Br)c(F)c1. The Labute approximate surface area is 117 Å². The second-order valence-corrected chi connectivity index (χ2v) is 4.54. The van der Waals surface area contributed by atoms with E-state index in [1.807, 2.05) is 0 Å². The van der Waals surface area contributed by atoms with Gasteiger partial charge in [0.2, 0.25) is 0 Å². The summed E-state index contributed by atoms with van der Waals surface area (Å²) in [7, 11) is 0. The zero-order valence-electron chi connectivity index (χ0n) is 9.64. The van der Waals surface area contributed by atoms with Crippen LogP contribution in [0, 0.1) is 5.82 Å². The number of carboxylic acid groups (broad SMARTS) is 1. The Morgan fingerprint density at radius 2 is 2.21 bits per heavy atom. The number of hydrogen-bond donors (Lipinski definition) is 1. The fourth-order valence-electron chi connectivity index (χ4n) is 1.48. The second kappa shape index (κ2) is 5.79. The summed E-state index contributed by atoms with van der Waals surface area (Å²) in [5.74, 6) is -1.25. The Balaban J connectivity index is 2.14. The quantitative estimate of drug-likeness (QED) is 0.937. The molecule has 2 rings (SSSR count). The molecule has 0 fully saturated rings. The minimum atomic E-state index is -1.12. The van der Waals surface area contributed by atoms with Crippen LogP contribution in [0.1, 0.15) is 16.1 Å². The van der Waals surface area contributed by atoms with Crippen LogP contribution in [0.25, 0.3) is 0 Å². The molecule has 0 spiro atoms. The molecule has 0 aliphatic carbocycles. The van der Waals surface area contributed by atoms with Gasteiger partial charge in [0.15, 0.2) is 5.69 Å². The van der Waals surface area contributed by atoms with Gasteiger partial charge in [0, 0.05) is 17.8 Å². The molecular weight excluding hydrogens is 317 g/mol. The summed E-state index contributed by atoms with van der Waals surface area (Å²) in [5, 5.41) is 8.96. The van der Waals surface area contributed by atoms with Crippen LogP contribution in [0.4, 0.5) is 4.39 Å². The molecule has 98 valence electrons. The molecule has 19 heavy (non-hydrogen) atoms. The monoisotopic (exact) mass is 325 g/mol. The highest BCUT2D eigenvalue weighted by Gasteiger charge is 2.11. The Kier molecular flexibility index (Phi) is 4.11. The molecule has 1 aromatic carbocycles. The second-order valence-electron chi connectivity index (χ2n) is 3.68. The molecule has 1 N–H and O–H groups in total. The first-order chi connectivity index (χ1) is 9.08. The third-order valence-corrected chi connectivity index (χ3v) is 3.02. The lowest BCUT2D eigenvalue weighted by molar-refractivity contribution is 0.0687. The first-order valence-electron chi connectivity index (χ1n) is 5.33. The maximum atomic E-state index is 13.3. The number of carboxylic acids is 1. The van der Waals surface area contributed by atoms with Gasteiger partial charge in [-0.2, -0.15) is 0 Å². The standard InChI is InChI=1S/C13H9BrFNO3/c14-10-4-3-9(6-11(10)15)19-7-8-2-1-5-16-12(8)13(17)18/h1-6H,7H2,(H,17,18). The zero-order valence-corrected chi connectivity index (χ0v) is 11.2. The molecule has 0 amide bonds. The van der Waals surface area contributed by atoms with Crippen LogP contribution in [0.15, 0.2) is 41.0 Å².